The number of hydrogen-bond donors (Lipinski definition) is 3. The molecule has 2 atom stereocenters. The Morgan fingerprint density at radius 1 is 1.80 bits per heavy atom. The van der Waals surface area contributed by atoms with Gasteiger partial charge in [-0.15, -0.1) is 6.58 Å². The van der Waals surface area contributed by atoms with Crippen molar-refractivity contribution >= 4 is 6.09 Å². The van der Waals surface area contributed by atoms with Gasteiger partial charge in [-0.2, -0.15) is 0 Å². The summed E-state index contributed by atoms with van der Waals surface area (Å²) in [5.74, 6) is 0. The normalized spacial score (nSPS) is 15.4. The van der Waals surface area contributed by atoms with E-state index in [4.69, 9.17) is 10.2 Å². The third-order valence-electron chi connectivity index (χ3n) is 1.06. The molecule has 58 valence electrons. The predicted octanol–water partition coefficient (Wildman–Crippen LogP) is 0.189. The zero-order valence-corrected chi connectivity index (χ0v) is 5.74. The molecule has 0 saturated heterocycles. The molecule has 0 fully saturated rings. The summed E-state index contributed by atoms with van der Waals surface area (Å²) in [6, 6.07) is -0.586. The fourth-order valence-electron chi connectivity index (χ4n) is 0.519. The van der Waals surface area contributed by atoms with Gasteiger partial charge in [-0.05, 0) is 6.92 Å². The predicted molar refractivity (Wildman–Crippen MR) is 36.8 cm³/mol. The highest BCUT2D eigenvalue weighted by atomic mass is 16.4. The molecule has 0 rings (SSSR count). The van der Waals surface area contributed by atoms with E-state index in [0.29, 0.717) is 0 Å². The summed E-state index contributed by atoms with van der Waals surface area (Å²) in [5.41, 5.74) is 0. The summed E-state index contributed by atoms with van der Waals surface area (Å²) in [7, 11) is 0. The molecule has 4 heteroatoms. The maximum absolute atomic E-state index is 10.0. The van der Waals surface area contributed by atoms with Crippen LogP contribution in [0, 0.1) is 0 Å². The van der Waals surface area contributed by atoms with E-state index in [2.05, 4.69) is 11.9 Å². The van der Waals surface area contributed by atoms with Crippen molar-refractivity contribution in [3.63, 3.8) is 0 Å². The van der Waals surface area contributed by atoms with Crippen molar-refractivity contribution in [2.75, 3.05) is 0 Å². The van der Waals surface area contributed by atoms with Crippen molar-refractivity contribution in [1.29, 1.82) is 0 Å². The van der Waals surface area contributed by atoms with Crippen molar-refractivity contribution < 1.29 is 15.0 Å². The van der Waals surface area contributed by atoms with E-state index in [1.807, 2.05) is 0 Å². The first-order valence-electron chi connectivity index (χ1n) is 2.88. The molecule has 4 nitrogen and oxygen atoms in total. The lowest BCUT2D eigenvalue weighted by molar-refractivity contribution is 0.149. The molecule has 0 aliphatic heterocycles. The Kier molecular flexibility index (Phi) is 3.49. The second-order valence-electron chi connectivity index (χ2n) is 1.95. The molecule has 10 heavy (non-hydrogen) atoms. The Morgan fingerprint density at radius 2 is 2.30 bits per heavy atom. The van der Waals surface area contributed by atoms with Crippen LogP contribution in [0.3, 0.4) is 0 Å². The van der Waals surface area contributed by atoms with Crippen LogP contribution in [0.5, 0.6) is 0 Å². The summed E-state index contributed by atoms with van der Waals surface area (Å²) in [4.78, 5) is 10.0. The average Bonchev–Trinajstić information content (AvgIpc) is 1.81. The van der Waals surface area contributed by atoms with Gasteiger partial charge in [-0.25, -0.2) is 4.79 Å². The maximum atomic E-state index is 10.0. The van der Waals surface area contributed by atoms with Crippen LogP contribution in [0.2, 0.25) is 0 Å². The van der Waals surface area contributed by atoms with E-state index in [9.17, 15) is 4.79 Å². The first-order valence-corrected chi connectivity index (χ1v) is 2.88. The molecule has 0 unspecified atom stereocenters. The third kappa shape index (κ3) is 3.09. The van der Waals surface area contributed by atoms with Gasteiger partial charge in [0.25, 0.3) is 0 Å². The zero-order chi connectivity index (χ0) is 8.15. The van der Waals surface area contributed by atoms with E-state index in [1.54, 1.807) is 0 Å². The van der Waals surface area contributed by atoms with Gasteiger partial charge in [0.1, 0.15) is 0 Å². The summed E-state index contributed by atoms with van der Waals surface area (Å²) in [6.07, 6.45) is -0.557. The molecule has 0 saturated carbocycles. The van der Waals surface area contributed by atoms with E-state index >= 15 is 0 Å². The van der Waals surface area contributed by atoms with Crippen molar-refractivity contribution in [3.05, 3.63) is 12.7 Å². The molecule has 3 N–H and O–H groups in total. The van der Waals surface area contributed by atoms with Crippen LogP contribution in [0.15, 0.2) is 12.7 Å². The number of hydrogen-bond acceptors (Lipinski definition) is 2. The highest BCUT2D eigenvalue weighted by molar-refractivity contribution is 5.65. The van der Waals surface area contributed by atoms with E-state index < -0.39 is 18.2 Å². The van der Waals surface area contributed by atoms with Gasteiger partial charge >= 0.3 is 6.09 Å². The molecule has 0 aliphatic rings. The number of rotatable bonds is 3. The van der Waals surface area contributed by atoms with Crippen LogP contribution < -0.4 is 5.32 Å². The summed E-state index contributed by atoms with van der Waals surface area (Å²) < 4.78 is 0. The van der Waals surface area contributed by atoms with Crippen LogP contribution >= 0.6 is 0 Å². The van der Waals surface area contributed by atoms with Crippen LogP contribution in [0.4, 0.5) is 4.79 Å². The summed E-state index contributed by atoms with van der Waals surface area (Å²) in [5, 5.41) is 19.1. The van der Waals surface area contributed by atoms with E-state index in [-0.39, 0.29) is 0 Å². The zero-order valence-electron chi connectivity index (χ0n) is 5.74. The Labute approximate surface area is 59.2 Å². The van der Waals surface area contributed by atoms with Gasteiger partial charge < -0.3 is 15.5 Å². The number of nitrogens with one attached hydrogen (secondary N) is 1. The Balaban J connectivity index is 3.83. The van der Waals surface area contributed by atoms with Crippen LogP contribution in [-0.4, -0.2) is 28.5 Å². The van der Waals surface area contributed by atoms with Crippen molar-refractivity contribution in [3.8, 4) is 0 Å². The fourth-order valence-corrected chi connectivity index (χ4v) is 0.519. The number of aliphatic hydroxyl groups is 1. The molecule has 0 aromatic heterocycles. The molecule has 1 amide bonds. The third-order valence-corrected chi connectivity index (χ3v) is 1.06. The van der Waals surface area contributed by atoms with Gasteiger partial charge in [-0.3, -0.25) is 0 Å². The molecule has 0 spiro atoms. The van der Waals surface area contributed by atoms with Gasteiger partial charge in [0.05, 0.1) is 12.1 Å². The molecular weight excluding hydrogens is 134 g/mol. The Morgan fingerprint density at radius 3 is 2.40 bits per heavy atom. The number of amides is 1. The van der Waals surface area contributed by atoms with Gasteiger partial charge in [-0.1, -0.05) is 6.08 Å². The lowest BCUT2D eigenvalue weighted by atomic mass is 10.2. The molecule has 0 heterocycles. The molecule has 0 radical (unpaired) electrons. The van der Waals surface area contributed by atoms with E-state index in [0.717, 1.165) is 0 Å². The standard InChI is InChI=1S/C6H11NO3/c1-3-5(4(2)8)7-6(9)10/h3-5,7-8H,1H2,2H3,(H,9,10)/t4-,5-/m1/s1. The highest BCUT2D eigenvalue weighted by Gasteiger charge is 2.11. The van der Waals surface area contributed by atoms with Crippen molar-refractivity contribution in [2.45, 2.75) is 19.1 Å². The summed E-state index contributed by atoms with van der Waals surface area (Å²) in [6.45, 7) is 4.84. The molecular formula is C6H11NO3. The quantitative estimate of drug-likeness (QED) is 0.496. The molecule has 0 aromatic carbocycles. The van der Waals surface area contributed by atoms with Crippen LogP contribution in [0.25, 0.3) is 0 Å². The lowest BCUT2D eigenvalue weighted by Gasteiger charge is -2.14. The minimum Gasteiger partial charge on any atom is -0.465 e. The average molecular weight is 145 g/mol. The number of aliphatic hydroxyl groups excluding tert-OH is 1. The minimum absolute atomic E-state index is 0.586. The van der Waals surface area contributed by atoms with Crippen molar-refractivity contribution in [1.82, 2.24) is 5.32 Å². The largest absolute Gasteiger partial charge is 0.465 e. The van der Waals surface area contributed by atoms with Crippen molar-refractivity contribution in [2.24, 2.45) is 0 Å². The second-order valence-corrected chi connectivity index (χ2v) is 1.95. The van der Waals surface area contributed by atoms with Crippen LogP contribution in [-0.2, 0) is 0 Å². The lowest BCUT2D eigenvalue weighted by Crippen LogP contribution is -2.39. The molecule has 0 aromatic rings. The fraction of sp³-hybridized carbons (Fsp3) is 0.500. The first kappa shape index (κ1) is 8.97. The van der Waals surface area contributed by atoms with Gasteiger partial charge in [0, 0.05) is 0 Å². The van der Waals surface area contributed by atoms with Gasteiger partial charge in [0.15, 0.2) is 0 Å². The van der Waals surface area contributed by atoms with E-state index in [1.165, 1.54) is 13.0 Å². The molecule has 0 aliphatic carbocycles. The smallest absolute Gasteiger partial charge is 0.405 e. The number of carboxylic acid groups (broad SMARTS) is 1. The second kappa shape index (κ2) is 3.90. The maximum Gasteiger partial charge on any atom is 0.405 e. The molecule has 0 bridgehead atoms. The van der Waals surface area contributed by atoms with Crippen LogP contribution in [0.1, 0.15) is 6.92 Å². The SMILES string of the molecule is C=C[C@@H](NC(=O)O)[C@@H](C)O. The summed E-state index contributed by atoms with van der Waals surface area (Å²) >= 11 is 0. The first-order chi connectivity index (χ1) is 4.57. The highest BCUT2D eigenvalue weighted by Crippen LogP contribution is 1.92. The van der Waals surface area contributed by atoms with Gasteiger partial charge in [0.2, 0.25) is 0 Å². The minimum atomic E-state index is -1.16. The Bertz CT molecular complexity index is 133. The number of carbonyl (C=O) groups is 1. The topological polar surface area (TPSA) is 69.6 Å². The monoisotopic (exact) mass is 145 g/mol. The Hall–Kier alpha value is -1.03.